The minimum absolute atomic E-state index is 0.663. The molecule has 1 nitrogen and oxygen atoms in total. The summed E-state index contributed by atoms with van der Waals surface area (Å²) in [4.78, 5) is 10.9. The molecule has 0 aromatic heterocycles. The van der Waals surface area contributed by atoms with Crippen LogP contribution in [-0.2, 0) is 4.79 Å². The summed E-state index contributed by atoms with van der Waals surface area (Å²) in [6.07, 6.45) is 16.5. The van der Waals surface area contributed by atoms with Crippen LogP contribution < -0.4 is 0 Å². The highest BCUT2D eigenvalue weighted by atomic mass is 79.9. The maximum Gasteiger partial charge on any atom is 0.151 e. The van der Waals surface area contributed by atoms with Crippen molar-refractivity contribution >= 4 is 22.2 Å². The van der Waals surface area contributed by atoms with E-state index in [1.54, 1.807) is 6.08 Å². The molecule has 0 unspecified atom stereocenters. The van der Waals surface area contributed by atoms with Gasteiger partial charge in [0.15, 0.2) is 6.29 Å². The molecule has 0 aliphatic heterocycles. The summed E-state index contributed by atoms with van der Waals surface area (Å²) in [5.41, 5.74) is 2.79. The predicted octanol–water partition coefficient (Wildman–Crippen LogP) is 3.38. The van der Waals surface area contributed by atoms with Gasteiger partial charge in [0.1, 0.15) is 0 Å². The van der Waals surface area contributed by atoms with E-state index in [-0.39, 0.29) is 0 Å². The fraction of sp³-hybridized carbons (Fsp3) is 0. The van der Waals surface area contributed by atoms with Crippen molar-refractivity contribution in [2.24, 2.45) is 0 Å². The van der Waals surface area contributed by atoms with Gasteiger partial charge in [-0.25, -0.2) is 0 Å². The minimum Gasteiger partial charge on any atom is -0.298 e. The van der Waals surface area contributed by atoms with Crippen LogP contribution in [-0.4, -0.2) is 6.29 Å². The topological polar surface area (TPSA) is 17.1 Å². The number of halogens is 1. The molecule has 2 aliphatic carbocycles. The van der Waals surface area contributed by atoms with Crippen molar-refractivity contribution in [1.29, 1.82) is 0 Å². The summed E-state index contributed by atoms with van der Waals surface area (Å²) < 4.78 is 0.841. The Morgan fingerprint density at radius 3 is 2.67 bits per heavy atom. The molecule has 74 valence electrons. The number of aldehydes is 1. The standard InChI is InChI=1S/C13H9BrO/c14-13-11(9-15)7-4-6-10-5-2-1-3-8-12(10)13/h1-9H. The molecule has 15 heavy (non-hydrogen) atoms. The number of carbonyl (C=O) groups excluding carboxylic acids is 1. The van der Waals surface area contributed by atoms with E-state index in [2.05, 4.69) is 15.9 Å². The van der Waals surface area contributed by atoms with Gasteiger partial charge in [0.05, 0.1) is 0 Å². The minimum atomic E-state index is 0.663. The molecule has 0 spiro atoms. The lowest BCUT2D eigenvalue weighted by Gasteiger charge is -2.05. The third kappa shape index (κ3) is 2.00. The van der Waals surface area contributed by atoms with Gasteiger partial charge < -0.3 is 0 Å². The average Bonchev–Trinajstić information content (AvgIpc) is 2.54. The molecule has 0 N–H and O–H groups in total. The summed E-state index contributed by atoms with van der Waals surface area (Å²) in [6.45, 7) is 0. The maximum atomic E-state index is 10.9. The fourth-order valence-electron chi connectivity index (χ4n) is 1.48. The Hall–Kier alpha value is -1.41. The van der Waals surface area contributed by atoms with Crippen molar-refractivity contribution in [3.05, 3.63) is 69.8 Å². The van der Waals surface area contributed by atoms with Crippen LogP contribution in [0.25, 0.3) is 0 Å². The van der Waals surface area contributed by atoms with Crippen LogP contribution in [0.5, 0.6) is 0 Å². The molecule has 2 aliphatic rings. The lowest BCUT2D eigenvalue weighted by molar-refractivity contribution is -0.104. The van der Waals surface area contributed by atoms with E-state index in [4.69, 9.17) is 0 Å². The van der Waals surface area contributed by atoms with Crippen LogP contribution in [0.4, 0.5) is 0 Å². The number of hydrogen-bond acceptors (Lipinski definition) is 1. The summed E-state index contributed by atoms with van der Waals surface area (Å²) in [6, 6.07) is 0. The Kier molecular flexibility index (Phi) is 2.97. The van der Waals surface area contributed by atoms with Crippen molar-refractivity contribution in [1.82, 2.24) is 0 Å². The zero-order valence-corrected chi connectivity index (χ0v) is 9.57. The van der Waals surface area contributed by atoms with Gasteiger partial charge in [-0.05, 0) is 27.1 Å². The van der Waals surface area contributed by atoms with Crippen molar-refractivity contribution in [3.63, 3.8) is 0 Å². The fourth-order valence-corrected chi connectivity index (χ4v) is 2.07. The van der Waals surface area contributed by atoms with Crippen molar-refractivity contribution in [3.8, 4) is 0 Å². The molecule has 0 radical (unpaired) electrons. The second-order valence-electron chi connectivity index (χ2n) is 3.19. The molecule has 0 atom stereocenters. The molecule has 2 rings (SSSR count). The van der Waals surface area contributed by atoms with E-state index in [9.17, 15) is 4.79 Å². The Labute approximate surface area is 97.0 Å². The first-order valence-electron chi connectivity index (χ1n) is 4.62. The quantitative estimate of drug-likeness (QED) is 0.661. The van der Waals surface area contributed by atoms with E-state index in [1.807, 2.05) is 42.5 Å². The third-order valence-electron chi connectivity index (χ3n) is 2.24. The van der Waals surface area contributed by atoms with Crippen molar-refractivity contribution < 1.29 is 4.79 Å². The molecule has 0 fully saturated rings. The summed E-state index contributed by atoms with van der Waals surface area (Å²) >= 11 is 3.46. The van der Waals surface area contributed by atoms with E-state index in [0.717, 1.165) is 21.9 Å². The molecular weight excluding hydrogens is 252 g/mol. The number of rotatable bonds is 1. The van der Waals surface area contributed by atoms with Gasteiger partial charge in [-0.1, -0.05) is 48.6 Å². The van der Waals surface area contributed by atoms with Gasteiger partial charge in [-0.15, -0.1) is 0 Å². The zero-order valence-electron chi connectivity index (χ0n) is 7.98. The predicted molar refractivity (Wildman–Crippen MR) is 65.6 cm³/mol. The monoisotopic (exact) mass is 260 g/mol. The second-order valence-corrected chi connectivity index (χ2v) is 3.99. The molecule has 0 saturated heterocycles. The summed E-state index contributed by atoms with van der Waals surface area (Å²) in [5.74, 6) is 0. The van der Waals surface area contributed by atoms with Crippen molar-refractivity contribution in [2.45, 2.75) is 0 Å². The highest BCUT2D eigenvalue weighted by Crippen LogP contribution is 2.31. The van der Waals surface area contributed by atoms with Crippen LogP contribution in [0.2, 0.25) is 0 Å². The number of allylic oxidation sites excluding steroid dienone is 12. The average molecular weight is 261 g/mol. The smallest absolute Gasteiger partial charge is 0.151 e. The van der Waals surface area contributed by atoms with E-state index in [0.29, 0.717) is 5.57 Å². The molecular formula is C13H9BrO. The Balaban J connectivity index is 2.60. The van der Waals surface area contributed by atoms with Crippen LogP contribution >= 0.6 is 15.9 Å². The van der Waals surface area contributed by atoms with Gasteiger partial charge in [-0.3, -0.25) is 4.79 Å². The van der Waals surface area contributed by atoms with E-state index in [1.165, 1.54) is 0 Å². The van der Waals surface area contributed by atoms with Gasteiger partial charge in [0, 0.05) is 10.1 Å². The highest BCUT2D eigenvalue weighted by Gasteiger charge is 2.12. The first-order chi connectivity index (χ1) is 7.33. The SMILES string of the molecule is O=CC1=C(Br)C2=CC=CC=CC2=CC=C1. The first-order valence-corrected chi connectivity index (χ1v) is 5.41. The maximum absolute atomic E-state index is 10.9. The molecule has 2 heteroatoms. The largest absolute Gasteiger partial charge is 0.298 e. The lowest BCUT2D eigenvalue weighted by Crippen LogP contribution is -1.89. The van der Waals surface area contributed by atoms with Gasteiger partial charge in [0.25, 0.3) is 0 Å². The molecule has 0 amide bonds. The van der Waals surface area contributed by atoms with E-state index < -0.39 is 0 Å². The van der Waals surface area contributed by atoms with Gasteiger partial charge in [0.2, 0.25) is 0 Å². The molecule has 0 aromatic carbocycles. The van der Waals surface area contributed by atoms with Crippen LogP contribution in [0.3, 0.4) is 0 Å². The van der Waals surface area contributed by atoms with Crippen LogP contribution in [0.15, 0.2) is 69.8 Å². The number of fused-ring (bicyclic) bond motifs is 1. The number of carbonyl (C=O) groups is 1. The Morgan fingerprint density at radius 2 is 1.87 bits per heavy atom. The second kappa shape index (κ2) is 4.41. The zero-order chi connectivity index (χ0) is 10.7. The summed E-state index contributed by atoms with van der Waals surface area (Å²) in [7, 11) is 0. The van der Waals surface area contributed by atoms with Crippen molar-refractivity contribution in [2.75, 3.05) is 0 Å². The van der Waals surface area contributed by atoms with Gasteiger partial charge in [-0.2, -0.15) is 0 Å². The molecule has 0 bridgehead atoms. The normalized spacial score (nSPS) is 19.0. The highest BCUT2D eigenvalue weighted by molar-refractivity contribution is 9.12. The van der Waals surface area contributed by atoms with Crippen LogP contribution in [0, 0.1) is 0 Å². The third-order valence-corrected chi connectivity index (χ3v) is 3.13. The lowest BCUT2D eigenvalue weighted by atomic mass is 10.0. The van der Waals surface area contributed by atoms with Crippen LogP contribution in [0.1, 0.15) is 0 Å². The van der Waals surface area contributed by atoms with E-state index >= 15 is 0 Å². The number of hydrogen-bond donors (Lipinski definition) is 0. The summed E-state index contributed by atoms with van der Waals surface area (Å²) in [5, 5.41) is 0. The Morgan fingerprint density at radius 1 is 1.00 bits per heavy atom. The Bertz CT molecular complexity index is 471. The molecule has 0 heterocycles. The molecule has 0 aromatic rings. The first kappa shape index (κ1) is 10.1. The molecule has 0 saturated carbocycles. The van der Waals surface area contributed by atoms with Gasteiger partial charge >= 0.3 is 0 Å².